The summed E-state index contributed by atoms with van der Waals surface area (Å²) in [5.41, 5.74) is 2.75. The number of hydrogen-bond donors (Lipinski definition) is 1. The molecule has 2 aromatic rings. The molecule has 0 aliphatic carbocycles. The van der Waals surface area contributed by atoms with E-state index in [2.05, 4.69) is 26.2 Å². The van der Waals surface area contributed by atoms with Crippen molar-refractivity contribution < 1.29 is 4.39 Å². The Bertz CT molecular complexity index is 572. The van der Waals surface area contributed by atoms with Gasteiger partial charge in [-0.05, 0) is 55.8 Å². The number of aryl methyl sites for hydroxylation is 1. The molecule has 0 bridgehead atoms. The van der Waals surface area contributed by atoms with Gasteiger partial charge in [-0.25, -0.2) is 4.39 Å². The van der Waals surface area contributed by atoms with Crippen LogP contribution in [0.2, 0.25) is 0 Å². The Morgan fingerprint density at radius 1 is 1.37 bits per heavy atom. The average Bonchev–Trinajstić information content (AvgIpc) is 2.41. The van der Waals surface area contributed by atoms with Crippen LogP contribution in [0, 0.1) is 12.7 Å². The van der Waals surface area contributed by atoms with Crippen LogP contribution < -0.4 is 5.32 Å². The van der Waals surface area contributed by atoms with Crippen molar-refractivity contribution in [2.45, 2.75) is 19.4 Å². The molecular weight excluding hydrogens is 307 g/mol. The number of pyridine rings is 1. The van der Waals surface area contributed by atoms with Gasteiger partial charge >= 0.3 is 0 Å². The van der Waals surface area contributed by atoms with Crippen LogP contribution in [0.25, 0.3) is 0 Å². The Hall–Kier alpha value is -1.26. The maximum atomic E-state index is 13.8. The van der Waals surface area contributed by atoms with Crippen LogP contribution in [-0.4, -0.2) is 12.0 Å². The Kier molecular flexibility index (Phi) is 4.66. The Morgan fingerprint density at radius 2 is 2.16 bits per heavy atom. The Labute approximate surface area is 121 Å². The van der Waals surface area contributed by atoms with Gasteiger partial charge in [-0.15, -0.1) is 0 Å². The molecule has 1 unspecified atom stereocenters. The van der Waals surface area contributed by atoms with Crippen LogP contribution in [0.4, 0.5) is 4.39 Å². The summed E-state index contributed by atoms with van der Waals surface area (Å²) in [5.74, 6) is -0.183. The van der Waals surface area contributed by atoms with Gasteiger partial charge in [0, 0.05) is 10.7 Å². The van der Waals surface area contributed by atoms with Gasteiger partial charge in [-0.1, -0.05) is 22.0 Å². The molecule has 1 N–H and O–H groups in total. The van der Waals surface area contributed by atoms with Crippen molar-refractivity contribution in [2.75, 3.05) is 7.05 Å². The molecule has 1 aromatic carbocycles. The van der Waals surface area contributed by atoms with Crippen LogP contribution >= 0.6 is 15.9 Å². The molecule has 2 rings (SSSR count). The van der Waals surface area contributed by atoms with E-state index in [1.807, 2.05) is 32.2 Å². The minimum absolute atomic E-state index is 0.00463. The summed E-state index contributed by atoms with van der Waals surface area (Å²) in [6.07, 6.45) is 2.34. The molecule has 0 aliphatic heterocycles. The molecule has 0 amide bonds. The average molecular weight is 323 g/mol. The van der Waals surface area contributed by atoms with Crippen LogP contribution in [-0.2, 0) is 6.42 Å². The maximum absolute atomic E-state index is 13.8. The fraction of sp³-hybridized carbons (Fsp3) is 0.267. The van der Waals surface area contributed by atoms with Gasteiger partial charge in [0.2, 0.25) is 0 Å². The predicted molar refractivity (Wildman–Crippen MR) is 78.6 cm³/mol. The number of benzene rings is 1. The van der Waals surface area contributed by atoms with Gasteiger partial charge in [0.1, 0.15) is 5.82 Å². The van der Waals surface area contributed by atoms with E-state index < -0.39 is 0 Å². The van der Waals surface area contributed by atoms with Crippen molar-refractivity contribution >= 4 is 15.9 Å². The summed E-state index contributed by atoms with van der Waals surface area (Å²) < 4.78 is 14.7. The summed E-state index contributed by atoms with van der Waals surface area (Å²) in [5, 5.41) is 3.21. The van der Waals surface area contributed by atoms with Crippen molar-refractivity contribution in [3.05, 3.63) is 63.6 Å². The predicted octanol–water partition coefficient (Wildman–Crippen LogP) is 3.79. The smallest absolute Gasteiger partial charge is 0.126 e. The lowest BCUT2D eigenvalue weighted by Crippen LogP contribution is -2.21. The van der Waals surface area contributed by atoms with Crippen LogP contribution in [0.1, 0.15) is 22.9 Å². The van der Waals surface area contributed by atoms with Crippen molar-refractivity contribution in [3.63, 3.8) is 0 Å². The van der Waals surface area contributed by atoms with Crippen LogP contribution in [0.3, 0.4) is 0 Å². The summed E-state index contributed by atoms with van der Waals surface area (Å²) in [6.45, 7) is 2.02. The van der Waals surface area contributed by atoms with E-state index in [1.54, 1.807) is 12.3 Å². The van der Waals surface area contributed by atoms with E-state index in [0.717, 1.165) is 15.7 Å². The minimum atomic E-state index is -0.183. The van der Waals surface area contributed by atoms with E-state index in [1.165, 1.54) is 6.07 Å². The summed E-state index contributed by atoms with van der Waals surface area (Å²) >= 11 is 3.38. The SMILES string of the molecule is CNC(Cc1cc(Br)ccc1F)c1ncccc1C. The van der Waals surface area contributed by atoms with Crippen LogP contribution in [0.5, 0.6) is 0 Å². The first kappa shape index (κ1) is 14.2. The Morgan fingerprint density at radius 3 is 2.84 bits per heavy atom. The number of nitrogens with zero attached hydrogens (tertiary/aromatic N) is 1. The number of aromatic nitrogens is 1. The molecule has 0 saturated heterocycles. The topological polar surface area (TPSA) is 24.9 Å². The molecule has 100 valence electrons. The largest absolute Gasteiger partial charge is 0.311 e. The summed E-state index contributed by atoms with van der Waals surface area (Å²) in [4.78, 5) is 4.40. The number of likely N-dealkylation sites (N-methyl/N-ethyl adjacent to an activating group) is 1. The van der Waals surface area contributed by atoms with E-state index in [9.17, 15) is 4.39 Å². The van der Waals surface area contributed by atoms with Gasteiger partial charge in [-0.3, -0.25) is 4.98 Å². The molecule has 0 saturated carbocycles. The summed E-state index contributed by atoms with van der Waals surface area (Å²) in [7, 11) is 1.87. The molecule has 0 fully saturated rings. The quantitative estimate of drug-likeness (QED) is 0.926. The number of nitrogens with one attached hydrogen (secondary N) is 1. The van der Waals surface area contributed by atoms with Gasteiger partial charge in [0.25, 0.3) is 0 Å². The highest BCUT2D eigenvalue weighted by atomic mass is 79.9. The lowest BCUT2D eigenvalue weighted by molar-refractivity contribution is 0.542. The third-order valence-electron chi connectivity index (χ3n) is 3.16. The highest BCUT2D eigenvalue weighted by Crippen LogP contribution is 2.23. The standard InChI is InChI=1S/C15H16BrFN2/c1-10-4-3-7-19-15(10)14(18-2)9-11-8-12(16)5-6-13(11)17/h3-8,14,18H,9H2,1-2H3. The lowest BCUT2D eigenvalue weighted by Gasteiger charge is -2.18. The fourth-order valence-corrected chi connectivity index (χ4v) is 2.53. The minimum Gasteiger partial charge on any atom is -0.311 e. The molecule has 0 aliphatic rings. The third-order valence-corrected chi connectivity index (χ3v) is 3.65. The number of halogens is 2. The van der Waals surface area contributed by atoms with Crippen molar-refractivity contribution in [1.82, 2.24) is 10.3 Å². The second-order valence-corrected chi connectivity index (χ2v) is 5.40. The van der Waals surface area contributed by atoms with Gasteiger partial charge in [0.05, 0.1) is 11.7 Å². The molecular formula is C15H16BrFN2. The van der Waals surface area contributed by atoms with E-state index in [0.29, 0.717) is 12.0 Å². The molecule has 2 nitrogen and oxygen atoms in total. The normalized spacial score (nSPS) is 12.4. The molecule has 1 heterocycles. The molecule has 1 atom stereocenters. The Balaban J connectivity index is 2.29. The monoisotopic (exact) mass is 322 g/mol. The molecule has 19 heavy (non-hydrogen) atoms. The lowest BCUT2D eigenvalue weighted by atomic mass is 10.00. The molecule has 0 radical (unpaired) electrons. The number of hydrogen-bond acceptors (Lipinski definition) is 2. The first-order valence-electron chi connectivity index (χ1n) is 6.14. The van der Waals surface area contributed by atoms with Crippen molar-refractivity contribution in [3.8, 4) is 0 Å². The molecule has 0 spiro atoms. The van der Waals surface area contributed by atoms with E-state index in [4.69, 9.17) is 0 Å². The second kappa shape index (κ2) is 6.26. The van der Waals surface area contributed by atoms with E-state index >= 15 is 0 Å². The van der Waals surface area contributed by atoms with Crippen LogP contribution in [0.15, 0.2) is 41.0 Å². The zero-order valence-electron chi connectivity index (χ0n) is 11.0. The molecule has 4 heteroatoms. The van der Waals surface area contributed by atoms with Crippen molar-refractivity contribution in [2.24, 2.45) is 0 Å². The second-order valence-electron chi connectivity index (χ2n) is 4.49. The maximum Gasteiger partial charge on any atom is 0.126 e. The zero-order chi connectivity index (χ0) is 13.8. The summed E-state index contributed by atoms with van der Waals surface area (Å²) in [6, 6.07) is 8.94. The fourth-order valence-electron chi connectivity index (χ4n) is 2.12. The zero-order valence-corrected chi connectivity index (χ0v) is 12.5. The van der Waals surface area contributed by atoms with Gasteiger partial charge < -0.3 is 5.32 Å². The van der Waals surface area contributed by atoms with Gasteiger partial charge in [-0.2, -0.15) is 0 Å². The highest BCUT2D eigenvalue weighted by molar-refractivity contribution is 9.10. The van der Waals surface area contributed by atoms with Gasteiger partial charge in [0.15, 0.2) is 0 Å². The first-order valence-corrected chi connectivity index (χ1v) is 6.94. The highest BCUT2D eigenvalue weighted by Gasteiger charge is 2.16. The number of rotatable bonds is 4. The first-order chi connectivity index (χ1) is 9.11. The third kappa shape index (κ3) is 3.39. The molecule has 1 aromatic heterocycles. The van der Waals surface area contributed by atoms with E-state index in [-0.39, 0.29) is 11.9 Å². The van der Waals surface area contributed by atoms with Crippen molar-refractivity contribution in [1.29, 1.82) is 0 Å².